The largest absolute Gasteiger partial charge is 0.424 e. The number of aryl methyl sites for hydroxylation is 1. The summed E-state index contributed by atoms with van der Waals surface area (Å²) in [4.78, 5) is 2.40. The van der Waals surface area contributed by atoms with Gasteiger partial charge in [-0.3, -0.25) is 0 Å². The molecule has 1 aliphatic heterocycles. The monoisotopic (exact) mass is 224 g/mol. The predicted molar refractivity (Wildman–Crippen MR) is 61.0 cm³/mol. The summed E-state index contributed by atoms with van der Waals surface area (Å²) < 4.78 is 5.30. The molecule has 2 heterocycles. The van der Waals surface area contributed by atoms with Gasteiger partial charge in [0.15, 0.2) is 0 Å². The standard InChI is InChI=1S/C11H20N4O/c1-9-13-14-11(16-9)7-12-6-10-4-3-5-15(2)8-10/h10,12H,3-8H2,1-2H3. The third kappa shape index (κ3) is 3.28. The van der Waals surface area contributed by atoms with Crippen LogP contribution in [0.3, 0.4) is 0 Å². The molecule has 1 aromatic rings. The lowest BCUT2D eigenvalue weighted by Crippen LogP contribution is -2.37. The molecule has 0 saturated carbocycles. The summed E-state index contributed by atoms with van der Waals surface area (Å²) in [6, 6.07) is 0. The van der Waals surface area contributed by atoms with Crippen molar-refractivity contribution >= 4 is 0 Å². The van der Waals surface area contributed by atoms with Crippen LogP contribution in [0.1, 0.15) is 24.6 Å². The summed E-state index contributed by atoms with van der Waals surface area (Å²) in [5, 5.41) is 11.1. The number of nitrogens with one attached hydrogen (secondary N) is 1. The van der Waals surface area contributed by atoms with Crippen LogP contribution < -0.4 is 5.32 Å². The van der Waals surface area contributed by atoms with Crippen LogP contribution in [-0.2, 0) is 6.54 Å². The Morgan fingerprint density at radius 1 is 1.50 bits per heavy atom. The van der Waals surface area contributed by atoms with Crippen molar-refractivity contribution in [1.82, 2.24) is 20.4 Å². The Balaban J connectivity index is 1.67. The van der Waals surface area contributed by atoms with Gasteiger partial charge < -0.3 is 14.6 Å². The second-order valence-corrected chi connectivity index (χ2v) is 4.62. The molecule has 0 spiro atoms. The van der Waals surface area contributed by atoms with Gasteiger partial charge in [-0.2, -0.15) is 0 Å². The van der Waals surface area contributed by atoms with E-state index in [1.165, 1.54) is 25.9 Å². The van der Waals surface area contributed by atoms with Crippen LogP contribution in [0.25, 0.3) is 0 Å². The fourth-order valence-corrected chi connectivity index (χ4v) is 2.23. The highest BCUT2D eigenvalue weighted by Crippen LogP contribution is 2.13. The van der Waals surface area contributed by atoms with Crippen molar-refractivity contribution in [2.24, 2.45) is 5.92 Å². The van der Waals surface area contributed by atoms with E-state index >= 15 is 0 Å². The van der Waals surface area contributed by atoms with Crippen LogP contribution >= 0.6 is 0 Å². The molecule has 0 amide bonds. The number of nitrogens with zero attached hydrogens (tertiary/aromatic N) is 3. The number of hydrogen-bond acceptors (Lipinski definition) is 5. The highest BCUT2D eigenvalue weighted by atomic mass is 16.4. The van der Waals surface area contributed by atoms with E-state index in [9.17, 15) is 0 Å². The van der Waals surface area contributed by atoms with Crippen molar-refractivity contribution in [2.45, 2.75) is 26.3 Å². The zero-order valence-electron chi connectivity index (χ0n) is 10.1. The van der Waals surface area contributed by atoms with Gasteiger partial charge in [0.1, 0.15) is 0 Å². The maximum Gasteiger partial charge on any atom is 0.230 e. The second kappa shape index (κ2) is 5.41. The lowest BCUT2D eigenvalue weighted by atomic mass is 9.98. The smallest absolute Gasteiger partial charge is 0.230 e. The van der Waals surface area contributed by atoms with E-state index < -0.39 is 0 Å². The van der Waals surface area contributed by atoms with Crippen molar-refractivity contribution in [3.05, 3.63) is 11.8 Å². The number of likely N-dealkylation sites (tertiary alicyclic amines) is 1. The molecule has 1 atom stereocenters. The molecule has 16 heavy (non-hydrogen) atoms. The van der Waals surface area contributed by atoms with Crippen LogP contribution in [0.2, 0.25) is 0 Å². The van der Waals surface area contributed by atoms with Gasteiger partial charge in [0.25, 0.3) is 0 Å². The Kier molecular flexibility index (Phi) is 3.90. The average molecular weight is 224 g/mol. The molecule has 5 nitrogen and oxygen atoms in total. The molecule has 1 N–H and O–H groups in total. The summed E-state index contributed by atoms with van der Waals surface area (Å²) in [7, 11) is 2.19. The Morgan fingerprint density at radius 3 is 3.06 bits per heavy atom. The van der Waals surface area contributed by atoms with Gasteiger partial charge in [0, 0.05) is 13.5 Å². The van der Waals surface area contributed by atoms with E-state index in [0.717, 1.165) is 12.5 Å². The van der Waals surface area contributed by atoms with Crippen LogP contribution in [0.4, 0.5) is 0 Å². The van der Waals surface area contributed by atoms with Gasteiger partial charge in [0.05, 0.1) is 6.54 Å². The van der Waals surface area contributed by atoms with E-state index in [2.05, 4.69) is 27.5 Å². The molecule has 1 aliphatic rings. The summed E-state index contributed by atoms with van der Waals surface area (Å²) in [6.07, 6.45) is 2.63. The SMILES string of the molecule is Cc1nnc(CNCC2CCCN(C)C2)o1. The van der Waals surface area contributed by atoms with E-state index in [-0.39, 0.29) is 0 Å². The first-order valence-corrected chi connectivity index (χ1v) is 5.92. The zero-order chi connectivity index (χ0) is 11.4. The third-order valence-electron chi connectivity index (χ3n) is 3.00. The highest BCUT2D eigenvalue weighted by molar-refractivity contribution is 4.79. The molecule has 1 aromatic heterocycles. The number of hydrogen-bond donors (Lipinski definition) is 1. The summed E-state index contributed by atoms with van der Waals surface area (Å²) in [5.41, 5.74) is 0. The van der Waals surface area contributed by atoms with E-state index in [1.54, 1.807) is 0 Å². The quantitative estimate of drug-likeness (QED) is 0.820. The van der Waals surface area contributed by atoms with Crippen LogP contribution in [0, 0.1) is 12.8 Å². The van der Waals surface area contributed by atoms with Gasteiger partial charge in [0.2, 0.25) is 11.8 Å². The van der Waals surface area contributed by atoms with E-state index in [0.29, 0.717) is 18.3 Å². The molecule has 5 heteroatoms. The molecule has 0 aromatic carbocycles. The molecule has 0 bridgehead atoms. The van der Waals surface area contributed by atoms with Crippen molar-refractivity contribution in [1.29, 1.82) is 0 Å². The summed E-state index contributed by atoms with van der Waals surface area (Å²) in [6.45, 7) is 5.95. The number of piperidine rings is 1. The van der Waals surface area contributed by atoms with Gasteiger partial charge in [-0.1, -0.05) is 0 Å². The van der Waals surface area contributed by atoms with Crippen LogP contribution in [-0.4, -0.2) is 41.8 Å². The Morgan fingerprint density at radius 2 is 2.38 bits per heavy atom. The van der Waals surface area contributed by atoms with Crippen molar-refractivity contribution in [2.75, 3.05) is 26.7 Å². The Bertz CT molecular complexity index is 326. The number of aromatic nitrogens is 2. The van der Waals surface area contributed by atoms with Crippen LogP contribution in [0.5, 0.6) is 0 Å². The molecule has 1 saturated heterocycles. The van der Waals surface area contributed by atoms with Crippen molar-refractivity contribution < 1.29 is 4.42 Å². The summed E-state index contributed by atoms with van der Waals surface area (Å²) in [5.74, 6) is 2.07. The van der Waals surface area contributed by atoms with E-state index in [1.807, 2.05) is 6.92 Å². The Hall–Kier alpha value is -0.940. The minimum Gasteiger partial charge on any atom is -0.424 e. The average Bonchev–Trinajstić information content (AvgIpc) is 2.64. The fraction of sp³-hybridized carbons (Fsp3) is 0.818. The lowest BCUT2D eigenvalue weighted by molar-refractivity contribution is 0.205. The topological polar surface area (TPSA) is 54.2 Å². The lowest BCUT2D eigenvalue weighted by Gasteiger charge is -2.29. The molecule has 90 valence electrons. The second-order valence-electron chi connectivity index (χ2n) is 4.62. The normalized spacial score (nSPS) is 22.5. The van der Waals surface area contributed by atoms with Crippen LogP contribution in [0.15, 0.2) is 4.42 Å². The molecule has 1 unspecified atom stereocenters. The van der Waals surface area contributed by atoms with Gasteiger partial charge >= 0.3 is 0 Å². The first-order valence-electron chi connectivity index (χ1n) is 5.92. The van der Waals surface area contributed by atoms with Crippen molar-refractivity contribution in [3.8, 4) is 0 Å². The third-order valence-corrected chi connectivity index (χ3v) is 3.00. The zero-order valence-corrected chi connectivity index (χ0v) is 10.1. The molecule has 1 fully saturated rings. The van der Waals surface area contributed by atoms with Gasteiger partial charge in [-0.25, -0.2) is 0 Å². The first-order chi connectivity index (χ1) is 7.74. The minimum atomic E-state index is 0.634. The van der Waals surface area contributed by atoms with E-state index in [4.69, 9.17) is 4.42 Å². The van der Waals surface area contributed by atoms with Gasteiger partial charge in [-0.15, -0.1) is 10.2 Å². The molecular formula is C11H20N4O. The molecular weight excluding hydrogens is 204 g/mol. The van der Waals surface area contributed by atoms with Gasteiger partial charge in [-0.05, 0) is 38.9 Å². The molecule has 0 aliphatic carbocycles. The molecule has 2 rings (SSSR count). The fourth-order valence-electron chi connectivity index (χ4n) is 2.23. The highest BCUT2D eigenvalue weighted by Gasteiger charge is 2.16. The number of rotatable bonds is 4. The first kappa shape index (κ1) is 11.5. The maximum atomic E-state index is 5.30. The maximum absolute atomic E-state index is 5.30. The molecule has 0 radical (unpaired) electrons. The Labute approximate surface area is 96.2 Å². The summed E-state index contributed by atoms with van der Waals surface area (Å²) >= 11 is 0. The van der Waals surface area contributed by atoms with Crippen molar-refractivity contribution in [3.63, 3.8) is 0 Å². The minimum absolute atomic E-state index is 0.634. The predicted octanol–water partition coefficient (Wildman–Crippen LogP) is 0.809.